The summed E-state index contributed by atoms with van der Waals surface area (Å²) in [6.07, 6.45) is 1.71. The maximum Gasteiger partial charge on any atom is 0.209 e. The van der Waals surface area contributed by atoms with Crippen LogP contribution in [0.15, 0.2) is 39.2 Å². The van der Waals surface area contributed by atoms with Crippen LogP contribution in [0.25, 0.3) is 11.6 Å². The summed E-state index contributed by atoms with van der Waals surface area (Å²) in [5, 5.41) is 9.92. The van der Waals surface area contributed by atoms with Crippen molar-refractivity contribution in [2.75, 3.05) is 19.0 Å². The van der Waals surface area contributed by atoms with Crippen LogP contribution in [0.1, 0.15) is 11.3 Å². The van der Waals surface area contributed by atoms with E-state index in [1.54, 1.807) is 18.2 Å². The standard InChI is InChI=1S/C15H12BrClN2O/c1-19(2)15-14(16)8-13(20-15)7-11(9-18)10-3-5-12(17)6-4-10/h3-8H,1-2H3/b11-7-. The number of nitriles is 1. The molecule has 102 valence electrons. The lowest BCUT2D eigenvalue weighted by atomic mass is 10.1. The molecule has 0 saturated carbocycles. The summed E-state index contributed by atoms with van der Waals surface area (Å²) >= 11 is 9.28. The summed E-state index contributed by atoms with van der Waals surface area (Å²) in [4.78, 5) is 1.86. The summed E-state index contributed by atoms with van der Waals surface area (Å²) in [5.41, 5.74) is 1.32. The summed E-state index contributed by atoms with van der Waals surface area (Å²) in [6, 6.07) is 11.1. The van der Waals surface area contributed by atoms with Crippen LogP contribution < -0.4 is 4.90 Å². The van der Waals surface area contributed by atoms with Gasteiger partial charge in [-0.15, -0.1) is 0 Å². The Labute approximate surface area is 131 Å². The van der Waals surface area contributed by atoms with E-state index in [1.165, 1.54) is 0 Å². The Bertz CT molecular complexity index is 681. The number of hydrogen-bond donors (Lipinski definition) is 0. The van der Waals surface area contributed by atoms with E-state index in [0.29, 0.717) is 22.2 Å². The lowest BCUT2D eigenvalue weighted by Crippen LogP contribution is -2.07. The SMILES string of the molecule is CN(C)c1oc(/C=C(/C#N)c2ccc(Cl)cc2)cc1Br. The van der Waals surface area contributed by atoms with E-state index in [9.17, 15) is 5.26 Å². The predicted molar refractivity (Wildman–Crippen MR) is 85.7 cm³/mol. The van der Waals surface area contributed by atoms with Gasteiger partial charge in [-0.2, -0.15) is 5.26 Å². The molecule has 0 fully saturated rings. The first-order chi connectivity index (χ1) is 9.51. The van der Waals surface area contributed by atoms with Crippen molar-refractivity contribution in [3.8, 4) is 6.07 Å². The number of allylic oxidation sites excluding steroid dienone is 1. The molecule has 2 rings (SSSR count). The van der Waals surface area contributed by atoms with Crippen LogP contribution in [0.2, 0.25) is 5.02 Å². The molecule has 0 bridgehead atoms. The van der Waals surface area contributed by atoms with Gasteiger partial charge in [-0.25, -0.2) is 0 Å². The third-order valence-corrected chi connectivity index (χ3v) is 3.48. The summed E-state index contributed by atoms with van der Waals surface area (Å²) in [6.45, 7) is 0. The van der Waals surface area contributed by atoms with Crippen molar-refractivity contribution in [1.29, 1.82) is 5.26 Å². The van der Waals surface area contributed by atoms with Gasteiger partial charge >= 0.3 is 0 Å². The topological polar surface area (TPSA) is 40.2 Å². The Hall–Kier alpha value is -1.70. The van der Waals surface area contributed by atoms with Gasteiger partial charge in [0.1, 0.15) is 5.76 Å². The van der Waals surface area contributed by atoms with Crippen LogP contribution in [-0.4, -0.2) is 14.1 Å². The largest absolute Gasteiger partial charge is 0.440 e. The van der Waals surface area contributed by atoms with E-state index in [0.717, 1.165) is 10.0 Å². The highest BCUT2D eigenvalue weighted by Crippen LogP contribution is 2.31. The average molecular weight is 352 g/mol. The number of hydrogen-bond acceptors (Lipinski definition) is 3. The zero-order valence-electron chi connectivity index (χ0n) is 11.0. The molecule has 0 N–H and O–H groups in total. The van der Waals surface area contributed by atoms with Crippen LogP contribution in [0, 0.1) is 11.3 Å². The fourth-order valence-electron chi connectivity index (χ4n) is 1.70. The van der Waals surface area contributed by atoms with Crippen molar-refractivity contribution < 1.29 is 4.42 Å². The van der Waals surface area contributed by atoms with Crippen LogP contribution >= 0.6 is 27.5 Å². The molecular formula is C15H12BrClN2O. The third kappa shape index (κ3) is 3.24. The van der Waals surface area contributed by atoms with Gasteiger partial charge in [0.2, 0.25) is 5.88 Å². The minimum absolute atomic E-state index is 0.522. The molecule has 0 unspecified atom stereocenters. The van der Waals surface area contributed by atoms with Crippen molar-refractivity contribution in [3.05, 3.63) is 51.2 Å². The Morgan fingerprint density at radius 3 is 2.50 bits per heavy atom. The number of halogens is 2. The molecule has 5 heteroatoms. The van der Waals surface area contributed by atoms with Gasteiger partial charge < -0.3 is 9.32 Å². The van der Waals surface area contributed by atoms with E-state index in [4.69, 9.17) is 16.0 Å². The van der Waals surface area contributed by atoms with E-state index >= 15 is 0 Å². The lowest BCUT2D eigenvalue weighted by molar-refractivity contribution is 0.554. The summed E-state index contributed by atoms with van der Waals surface area (Å²) < 4.78 is 6.53. The number of anilines is 1. The van der Waals surface area contributed by atoms with Crippen molar-refractivity contribution in [3.63, 3.8) is 0 Å². The minimum atomic E-state index is 0.522. The van der Waals surface area contributed by atoms with Crippen molar-refractivity contribution >= 4 is 45.1 Å². The smallest absolute Gasteiger partial charge is 0.209 e. The number of nitrogens with zero attached hydrogens (tertiary/aromatic N) is 2. The molecule has 0 aliphatic rings. The summed E-state index contributed by atoms with van der Waals surface area (Å²) in [5.74, 6) is 1.33. The monoisotopic (exact) mass is 350 g/mol. The molecule has 20 heavy (non-hydrogen) atoms. The molecule has 1 aromatic heterocycles. The third-order valence-electron chi connectivity index (χ3n) is 2.66. The number of furan rings is 1. The Balaban J connectivity index is 2.39. The normalized spacial score (nSPS) is 11.2. The highest BCUT2D eigenvalue weighted by atomic mass is 79.9. The second kappa shape index (κ2) is 6.17. The first kappa shape index (κ1) is 14.7. The van der Waals surface area contributed by atoms with Crippen molar-refractivity contribution in [2.24, 2.45) is 0 Å². The molecule has 0 aliphatic heterocycles. The van der Waals surface area contributed by atoms with E-state index in [1.807, 2.05) is 37.2 Å². The maximum atomic E-state index is 9.28. The molecule has 3 nitrogen and oxygen atoms in total. The number of benzene rings is 1. The first-order valence-corrected chi connectivity index (χ1v) is 7.02. The van der Waals surface area contributed by atoms with E-state index in [-0.39, 0.29) is 0 Å². The maximum absolute atomic E-state index is 9.28. The van der Waals surface area contributed by atoms with Gasteiger partial charge in [0, 0.05) is 25.2 Å². The van der Waals surface area contributed by atoms with E-state index < -0.39 is 0 Å². The Morgan fingerprint density at radius 2 is 2.00 bits per heavy atom. The average Bonchev–Trinajstić information content (AvgIpc) is 2.78. The van der Waals surface area contributed by atoms with E-state index in [2.05, 4.69) is 22.0 Å². The van der Waals surface area contributed by atoms with Gasteiger partial charge in [0.25, 0.3) is 0 Å². The molecular weight excluding hydrogens is 340 g/mol. The van der Waals surface area contributed by atoms with Crippen LogP contribution in [0.4, 0.5) is 5.88 Å². The zero-order valence-corrected chi connectivity index (χ0v) is 13.4. The van der Waals surface area contributed by atoms with Crippen LogP contribution in [0.3, 0.4) is 0 Å². The quantitative estimate of drug-likeness (QED) is 0.744. The minimum Gasteiger partial charge on any atom is -0.440 e. The lowest BCUT2D eigenvalue weighted by Gasteiger charge is -2.07. The fourth-order valence-corrected chi connectivity index (χ4v) is 2.49. The fraction of sp³-hybridized carbons (Fsp3) is 0.133. The van der Waals surface area contributed by atoms with Crippen LogP contribution in [-0.2, 0) is 0 Å². The number of rotatable bonds is 3. The predicted octanol–water partition coefficient (Wildman–Crippen LogP) is 4.83. The molecule has 2 aromatic rings. The molecule has 0 spiro atoms. The van der Waals surface area contributed by atoms with Gasteiger partial charge in [0.15, 0.2) is 0 Å². The molecule has 0 radical (unpaired) electrons. The molecule has 0 saturated heterocycles. The summed E-state index contributed by atoms with van der Waals surface area (Å²) in [7, 11) is 3.78. The Morgan fingerprint density at radius 1 is 1.35 bits per heavy atom. The van der Waals surface area contributed by atoms with Crippen molar-refractivity contribution in [1.82, 2.24) is 0 Å². The second-order valence-corrected chi connectivity index (χ2v) is 5.66. The van der Waals surface area contributed by atoms with Gasteiger partial charge in [0.05, 0.1) is 16.1 Å². The molecule has 0 amide bonds. The molecule has 0 atom stereocenters. The zero-order chi connectivity index (χ0) is 14.7. The molecule has 1 heterocycles. The molecule has 0 aliphatic carbocycles. The van der Waals surface area contributed by atoms with Crippen LogP contribution in [0.5, 0.6) is 0 Å². The molecule has 1 aromatic carbocycles. The first-order valence-electron chi connectivity index (χ1n) is 5.85. The highest BCUT2D eigenvalue weighted by molar-refractivity contribution is 9.10. The van der Waals surface area contributed by atoms with Gasteiger partial charge in [-0.3, -0.25) is 0 Å². The second-order valence-electron chi connectivity index (χ2n) is 4.37. The Kier molecular flexibility index (Phi) is 4.53. The van der Waals surface area contributed by atoms with Gasteiger partial charge in [-0.1, -0.05) is 23.7 Å². The highest BCUT2D eigenvalue weighted by Gasteiger charge is 2.10. The van der Waals surface area contributed by atoms with Crippen molar-refractivity contribution in [2.45, 2.75) is 0 Å². The van der Waals surface area contributed by atoms with Gasteiger partial charge in [-0.05, 0) is 39.7 Å².